The molecule has 0 spiro atoms. The molecule has 1 aromatic carbocycles. The van der Waals surface area contributed by atoms with E-state index in [-0.39, 0.29) is 31.1 Å². The van der Waals surface area contributed by atoms with E-state index >= 15 is 0 Å². The van der Waals surface area contributed by atoms with Crippen LogP contribution in [0.15, 0.2) is 33.6 Å². The quantitative estimate of drug-likeness (QED) is 0.759. The van der Waals surface area contributed by atoms with E-state index < -0.39 is 16.1 Å². The average Bonchev–Trinajstić information content (AvgIpc) is 2.39. The smallest absolute Gasteiger partial charge is 0.243 e. The predicted molar refractivity (Wildman–Crippen MR) is 69.9 cm³/mol. The van der Waals surface area contributed by atoms with Gasteiger partial charge in [-0.15, -0.1) is 0 Å². The molecular formula is C11H12BrN2O4S-. The van der Waals surface area contributed by atoms with Gasteiger partial charge in [0.05, 0.1) is 4.90 Å². The molecule has 0 atom stereocenters. The van der Waals surface area contributed by atoms with Crippen molar-refractivity contribution < 1.29 is 18.3 Å². The molecule has 104 valence electrons. The number of hydrogen-bond donors (Lipinski definition) is 0. The second-order valence-corrected chi connectivity index (χ2v) is 6.97. The monoisotopic (exact) mass is 347 g/mol. The largest absolute Gasteiger partial charge is 0.530 e. The van der Waals surface area contributed by atoms with E-state index in [0.717, 1.165) is 4.90 Å². The first kappa shape index (κ1) is 14.3. The summed E-state index contributed by atoms with van der Waals surface area (Å²) in [6.45, 7) is 0.552. The molecule has 1 heterocycles. The van der Waals surface area contributed by atoms with Crippen molar-refractivity contribution in [2.75, 3.05) is 26.2 Å². The van der Waals surface area contributed by atoms with Gasteiger partial charge in [0.2, 0.25) is 10.0 Å². The molecule has 1 amide bonds. The van der Waals surface area contributed by atoms with Crippen LogP contribution in [0, 0.1) is 0 Å². The number of carbonyl (C=O) groups is 1. The third kappa shape index (κ3) is 3.07. The van der Waals surface area contributed by atoms with Crippen molar-refractivity contribution in [1.82, 2.24) is 9.21 Å². The summed E-state index contributed by atoms with van der Waals surface area (Å²) < 4.78 is 26.6. The third-order valence-corrected chi connectivity index (χ3v) is 5.32. The molecule has 0 aliphatic carbocycles. The van der Waals surface area contributed by atoms with Gasteiger partial charge in [0.1, 0.15) is 6.09 Å². The number of sulfonamides is 1. The Morgan fingerprint density at radius 3 is 2.37 bits per heavy atom. The van der Waals surface area contributed by atoms with Gasteiger partial charge in [0.25, 0.3) is 0 Å². The van der Waals surface area contributed by atoms with Crippen molar-refractivity contribution in [3.8, 4) is 0 Å². The van der Waals surface area contributed by atoms with Gasteiger partial charge < -0.3 is 14.8 Å². The highest BCUT2D eigenvalue weighted by atomic mass is 79.9. The number of carboxylic acid groups (broad SMARTS) is 1. The molecule has 0 unspecified atom stereocenters. The number of amides is 1. The number of piperazine rings is 1. The summed E-state index contributed by atoms with van der Waals surface area (Å²) in [6.07, 6.45) is -1.26. The lowest BCUT2D eigenvalue weighted by atomic mass is 10.4. The van der Waals surface area contributed by atoms with E-state index in [0.29, 0.717) is 4.47 Å². The van der Waals surface area contributed by atoms with Crippen LogP contribution in [0.5, 0.6) is 0 Å². The zero-order chi connectivity index (χ0) is 14.0. The Morgan fingerprint density at radius 2 is 1.84 bits per heavy atom. The van der Waals surface area contributed by atoms with Crippen LogP contribution in [0.1, 0.15) is 0 Å². The van der Waals surface area contributed by atoms with Crippen LogP contribution in [0.25, 0.3) is 0 Å². The van der Waals surface area contributed by atoms with Crippen LogP contribution in [-0.2, 0) is 10.0 Å². The maximum absolute atomic E-state index is 12.3. The zero-order valence-corrected chi connectivity index (χ0v) is 12.4. The maximum atomic E-state index is 12.3. The number of rotatable bonds is 2. The van der Waals surface area contributed by atoms with Crippen LogP contribution in [0.4, 0.5) is 4.79 Å². The van der Waals surface area contributed by atoms with E-state index in [2.05, 4.69) is 15.9 Å². The number of hydrogen-bond acceptors (Lipinski definition) is 4. The Hall–Kier alpha value is -1.12. The Morgan fingerprint density at radius 1 is 1.21 bits per heavy atom. The van der Waals surface area contributed by atoms with Gasteiger partial charge in [-0.2, -0.15) is 4.31 Å². The molecule has 0 N–H and O–H groups in total. The second kappa shape index (κ2) is 5.48. The minimum atomic E-state index is -3.57. The van der Waals surface area contributed by atoms with E-state index in [1.54, 1.807) is 12.1 Å². The Bertz CT molecular complexity index is 582. The van der Waals surface area contributed by atoms with Gasteiger partial charge in [0.15, 0.2) is 0 Å². The predicted octanol–water partition coefficient (Wildman–Crippen LogP) is 0.0987. The highest BCUT2D eigenvalue weighted by Gasteiger charge is 2.28. The van der Waals surface area contributed by atoms with Crippen molar-refractivity contribution in [3.05, 3.63) is 28.7 Å². The Balaban J connectivity index is 2.16. The van der Waals surface area contributed by atoms with Gasteiger partial charge in [-0.1, -0.05) is 22.0 Å². The summed E-state index contributed by atoms with van der Waals surface area (Å²) in [7, 11) is -3.57. The number of halogens is 1. The van der Waals surface area contributed by atoms with E-state index in [1.807, 2.05) is 0 Å². The van der Waals surface area contributed by atoms with Gasteiger partial charge in [-0.3, -0.25) is 0 Å². The molecule has 1 aliphatic heterocycles. The first-order valence-corrected chi connectivity index (χ1v) is 7.86. The van der Waals surface area contributed by atoms with Crippen molar-refractivity contribution in [2.45, 2.75) is 4.90 Å². The lowest BCUT2D eigenvalue weighted by molar-refractivity contribution is -0.266. The highest BCUT2D eigenvalue weighted by molar-refractivity contribution is 9.10. The normalized spacial score (nSPS) is 17.4. The van der Waals surface area contributed by atoms with Gasteiger partial charge >= 0.3 is 0 Å². The first-order valence-electron chi connectivity index (χ1n) is 5.63. The fourth-order valence-corrected chi connectivity index (χ4v) is 3.91. The van der Waals surface area contributed by atoms with Crippen LogP contribution >= 0.6 is 15.9 Å². The topological polar surface area (TPSA) is 80.8 Å². The van der Waals surface area contributed by atoms with Crippen molar-refractivity contribution in [1.29, 1.82) is 0 Å². The lowest BCUT2D eigenvalue weighted by Gasteiger charge is -2.35. The summed E-state index contributed by atoms with van der Waals surface area (Å²) in [5, 5.41) is 10.7. The second-order valence-electron chi connectivity index (χ2n) is 4.11. The average molecular weight is 348 g/mol. The highest BCUT2D eigenvalue weighted by Crippen LogP contribution is 2.21. The fourth-order valence-electron chi connectivity index (χ4n) is 1.89. The van der Waals surface area contributed by atoms with Crippen LogP contribution in [0.3, 0.4) is 0 Å². The fraction of sp³-hybridized carbons (Fsp3) is 0.364. The number of benzene rings is 1. The summed E-state index contributed by atoms with van der Waals surface area (Å²) in [5.41, 5.74) is 0. The number of carbonyl (C=O) groups excluding carboxylic acids is 1. The zero-order valence-electron chi connectivity index (χ0n) is 9.95. The summed E-state index contributed by atoms with van der Waals surface area (Å²) >= 11 is 3.23. The minimum absolute atomic E-state index is 0.134. The van der Waals surface area contributed by atoms with Gasteiger partial charge in [-0.25, -0.2) is 8.42 Å². The Kier molecular flexibility index (Phi) is 4.12. The Labute approximate surface area is 119 Å². The van der Waals surface area contributed by atoms with Crippen LogP contribution in [0.2, 0.25) is 0 Å². The van der Waals surface area contributed by atoms with E-state index in [4.69, 9.17) is 0 Å². The molecule has 0 bridgehead atoms. The molecule has 1 saturated heterocycles. The standard InChI is InChI=1S/C11H13BrN2O4S/c12-9-2-1-3-10(8-9)19(17,18)14-6-4-13(5-7-14)11(15)16/h1-3,8H,4-7H2,(H,15,16)/p-1. The van der Waals surface area contributed by atoms with Crippen LogP contribution in [-0.4, -0.2) is 49.9 Å². The molecule has 1 aliphatic rings. The van der Waals surface area contributed by atoms with Crippen LogP contribution < -0.4 is 5.11 Å². The maximum Gasteiger partial charge on any atom is 0.243 e. The van der Waals surface area contributed by atoms with Crippen molar-refractivity contribution >= 4 is 32.0 Å². The third-order valence-electron chi connectivity index (χ3n) is 2.93. The van der Waals surface area contributed by atoms with Gasteiger partial charge in [-0.05, 0) is 18.2 Å². The first-order chi connectivity index (χ1) is 8.91. The SMILES string of the molecule is O=C([O-])N1CCN(S(=O)(=O)c2cccc(Br)c2)CC1. The van der Waals surface area contributed by atoms with Crippen molar-refractivity contribution in [3.63, 3.8) is 0 Å². The minimum Gasteiger partial charge on any atom is -0.530 e. The molecule has 6 nitrogen and oxygen atoms in total. The molecule has 8 heteroatoms. The molecule has 0 aromatic heterocycles. The summed E-state index contributed by atoms with van der Waals surface area (Å²) in [6, 6.07) is 6.44. The summed E-state index contributed by atoms with van der Waals surface area (Å²) in [4.78, 5) is 12.0. The van der Waals surface area contributed by atoms with E-state index in [9.17, 15) is 18.3 Å². The van der Waals surface area contributed by atoms with E-state index in [1.165, 1.54) is 16.4 Å². The molecule has 19 heavy (non-hydrogen) atoms. The van der Waals surface area contributed by atoms with Gasteiger partial charge in [0, 0.05) is 30.7 Å². The molecule has 1 fully saturated rings. The number of nitrogens with zero attached hydrogens (tertiary/aromatic N) is 2. The van der Waals surface area contributed by atoms with Crippen molar-refractivity contribution in [2.24, 2.45) is 0 Å². The molecule has 0 saturated carbocycles. The molecular weight excluding hydrogens is 336 g/mol. The molecule has 2 rings (SSSR count). The molecule has 1 aromatic rings. The molecule has 0 radical (unpaired) electrons. The summed E-state index contributed by atoms with van der Waals surface area (Å²) in [5.74, 6) is 0. The lowest BCUT2D eigenvalue weighted by Crippen LogP contribution is -2.53.